The molecule has 0 fully saturated rings. The van der Waals surface area contributed by atoms with Gasteiger partial charge >= 0.3 is 0 Å². The van der Waals surface area contributed by atoms with Crippen LogP contribution in [0.2, 0.25) is 0 Å². The third-order valence-corrected chi connectivity index (χ3v) is 11.6. The molecule has 0 bridgehead atoms. The first kappa shape index (κ1) is 29.0. The number of fused-ring (bicyclic) bond motifs is 14. The average Bonchev–Trinajstić information content (AvgIpc) is 3.98. The van der Waals surface area contributed by atoms with Gasteiger partial charge in [-0.15, -0.1) is 0 Å². The van der Waals surface area contributed by atoms with E-state index in [2.05, 4.69) is 142 Å². The van der Waals surface area contributed by atoms with Crippen molar-refractivity contribution in [3.8, 4) is 28.3 Å². The first-order valence-corrected chi connectivity index (χ1v) is 18.7. The van der Waals surface area contributed by atoms with Gasteiger partial charge in [0.1, 0.15) is 16.8 Å². The number of hydrogen-bond acceptors (Lipinski definition) is 3. The summed E-state index contributed by atoms with van der Waals surface area (Å²) in [7, 11) is 0. The SMILES string of the molecule is c1ccc(-c2nc(-c3ccc(-n4c5ccccc5c5c6c7cc8ccccc8cc7n7c8ccccc8c(cc54)c67)cc3)c3oc4ccccc4c3n2)cc1. The van der Waals surface area contributed by atoms with Gasteiger partial charge in [-0.25, -0.2) is 9.97 Å². The number of aromatic nitrogens is 4. The maximum Gasteiger partial charge on any atom is 0.180 e. The minimum absolute atomic E-state index is 0.676. The topological polar surface area (TPSA) is 48.3 Å². The number of nitrogens with zero attached hydrogens (tertiary/aromatic N) is 4. The summed E-state index contributed by atoms with van der Waals surface area (Å²) in [5.41, 5.74) is 12.2. The highest BCUT2D eigenvalue weighted by Crippen LogP contribution is 2.47. The van der Waals surface area contributed by atoms with E-state index in [1.54, 1.807) is 0 Å². The van der Waals surface area contributed by atoms with E-state index in [4.69, 9.17) is 14.4 Å². The van der Waals surface area contributed by atoms with Crippen LogP contribution in [0.15, 0.2) is 174 Å². The number of benzene rings is 8. The quantitative estimate of drug-likeness (QED) is 0.184. The molecule has 254 valence electrons. The Labute approximate surface area is 313 Å². The molecule has 0 atom stereocenters. The van der Waals surface area contributed by atoms with Crippen molar-refractivity contribution in [1.82, 2.24) is 18.9 Å². The highest BCUT2D eigenvalue weighted by Gasteiger charge is 2.25. The van der Waals surface area contributed by atoms with Gasteiger partial charge < -0.3 is 13.4 Å². The lowest BCUT2D eigenvalue weighted by Gasteiger charge is -2.10. The third kappa shape index (κ3) is 3.86. The molecule has 0 saturated carbocycles. The van der Waals surface area contributed by atoms with Crippen LogP contribution >= 0.6 is 0 Å². The Hall–Kier alpha value is -7.50. The third-order valence-electron chi connectivity index (χ3n) is 11.6. The van der Waals surface area contributed by atoms with Gasteiger partial charge in [-0.2, -0.15) is 0 Å². The Morgan fingerprint density at radius 2 is 1.13 bits per heavy atom. The molecule has 5 nitrogen and oxygen atoms in total. The van der Waals surface area contributed by atoms with Crippen LogP contribution in [0.25, 0.3) is 121 Å². The Balaban J connectivity index is 1.09. The fourth-order valence-corrected chi connectivity index (χ4v) is 9.25. The van der Waals surface area contributed by atoms with E-state index in [0.29, 0.717) is 11.4 Å². The molecular weight excluding hydrogens is 673 g/mol. The second-order valence-corrected chi connectivity index (χ2v) is 14.5. The lowest BCUT2D eigenvalue weighted by atomic mass is 10.0. The zero-order chi connectivity index (χ0) is 35.8. The van der Waals surface area contributed by atoms with Crippen molar-refractivity contribution in [2.24, 2.45) is 0 Å². The molecule has 0 radical (unpaired) electrons. The van der Waals surface area contributed by atoms with Gasteiger partial charge in [0.15, 0.2) is 11.4 Å². The molecule has 55 heavy (non-hydrogen) atoms. The van der Waals surface area contributed by atoms with E-state index in [-0.39, 0.29) is 0 Å². The monoisotopic (exact) mass is 700 g/mol. The highest BCUT2D eigenvalue weighted by molar-refractivity contribution is 6.36. The van der Waals surface area contributed by atoms with Gasteiger partial charge in [0.2, 0.25) is 0 Å². The first-order valence-electron chi connectivity index (χ1n) is 18.7. The molecule has 13 aromatic rings. The van der Waals surface area contributed by atoms with Crippen molar-refractivity contribution in [2.45, 2.75) is 0 Å². The number of furan rings is 1. The van der Waals surface area contributed by atoms with Crippen molar-refractivity contribution in [1.29, 1.82) is 0 Å². The second-order valence-electron chi connectivity index (χ2n) is 14.5. The summed E-state index contributed by atoms with van der Waals surface area (Å²) in [6, 6.07) is 60.6. The van der Waals surface area contributed by atoms with Crippen LogP contribution < -0.4 is 0 Å². The van der Waals surface area contributed by atoms with Gasteiger partial charge in [0.25, 0.3) is 0 Å². The molecule has 0 N–H and O–H groups in total. The smallest absolute Gasteiger partial charge is 0.180 e. The maximum absolute atomic E-state index is 6.47. The van der Waals surface area contributed by atoms with Gasteiger partial charge in [-0.1, -0.05) is 115 Å². The second kappa shape index (κ2) is 10.6. The molecule has 0 aliphatic rings. The molecule has 0 saturated heterocycles. The Morgan fingerprint density at radius 1 is 0.436 bits per heavy atom. The van der Waals surface area contributed by atoms with E-state index in [0.717, 1.165) is 39.0 Å². The molecule has 0 unspecified atom stereocenters. The van der Waals surface area contributed by atoms with Crippen LogP contribution in [0.4, 0.5) is 0 Å². The van der Waals surface area contributed by atoms with E-state index < -0.39 is 0 Å². The molecule has 8 aromatic carbocycles. The number of rotatable bonds is 3. The summed E-state index contributed by atoms with van der Waals surface area (Å²) in [6.07, 6.45) is 0. The van der Waals surface area contributed by atoms with Gasteiger partial charge in [-0.05, 0) is 65.4 Å². The standard InChI is InChI=1S/C50H28N4O/c1-2-12-30(13-3-1)50-51-46(49-47(52-50)36-18-8-11-21-43(36)55-49)29-22-24-33(25-23-29)53-40-20-10-7-17-35(40)44-42(53)28-37-34-16-6-9-19-39(34)54-41-27-32-15-5-4-14-31(32)26-38(41)45(44)48(37)54/h1-28H. The summed E-state index contributed by atoms with van der Waals surface area (Å²) in [6.45, 7) is 0. The number of hydrogen-bond donors (Lipinski definition) is 0. The van der Waals surface area contributed by atoms with Crippen molar-refractivity contribution in [3.63, 3.8) is 0 Å². The van der Waals surface area contributed by atoms with Gasteiger partial charge in [0, 0.05) is 54.5 Å². The zero-order valence-corrected chi connectivity index (χ0v) is 29.4. The predicted molar refractivity (Wildman–Crippen MR) is 227 cm³/mol. The molecule has 13 rings (SSSR count). The van der Waals surface area contributed by atoms with Crippen LogP contribution in [-0.2, 0) is 0 Å². The maximum atomic E-state index is 6.47. The molecular formula is C50H28N4O. The molecule has 5 heterocycles. The fraction of sp³-hybridized carbons (Fsp3) is 0. The van der Waals surface area contributed by atoms with Crippen LogP contribution in [-0.4, -0.2) is 18.9 Å². The molecule has 5 heteroatoms. The molecule has 0 spiro atoms. The summed E-state index contributed by atoms with van der Waals surface area (Å²) in [4.78, 5) is 10.2. The minimum Gasteiger partial charge on any atom is -0.452 e. The summed E-state index contributed by atoms with van der Waals surface area (Å²) < 4.78 is 11.4. The fourth-order valence-electron chi connectivity index (χ4n) is 9.25. The predicted octanol–water partition coefficient (Wildman–Crippen LogP) is 13.1. The lowest BCUT2D eigenvalue weighted by Crippen LogP contribution is -1.96. The first-order chi connectivity index (χ1) is 27.3. The van der Waals surface area contributed by atoms with Crippen molar-refractivity contribution in [2.75, 3.05) is 0 Å². The summed E-state index contributed by atoms with van der Waals surface area (Å²) >= 11 is 0. The summed E-state index contributed by atoms with van der Waals surface area (Å²) in [5.74, 6) is 0.676. The van der Waals surface area contributed by atoms with Crippen molar-refractivity contribution >= 4 is 92.7 Å². The number of para-hydroxylation sites is 3. The highest BCUT2D eigenvalue weighted by atomic mass is 16.3. The van der Waals surface area contributed by atoms with Crippen molar-refractivity contribution in [3.05, 3.63) is 170 Å². The Morgan fingerprint density at radius 3 is 1.96 bits per heavy atom. The van der Waals surface area contributed by atoms with Crippen molar-refractivity contribution < 1.29 is 4.42 Å². The average molecular weight is 701 g/mol. The lowest BCUT2D eigenvalue weighted by molar-refractivity contribution is 0.667. The molecule has 0 amide bonds. The van der Waals surface area contributed by atoms with Crippen LogP contribution in [0, 0.1) is 0 Å². The van der Waals surface area contributed by atoms with Crippen LogP contribution in [0.5, 0.6) is 0 Å². The molecule has 0 aliphatic heterocycles. The molecule has 0 aliphatic carbocycles. The van der Waals surface area contributed by atoms with Gasteiger partial charge in [0.05, 0.1) is 27.6 Å². The zero-order valence-electron chi connectivity index (χ0n) is 29.4. The van der Waals surface area contributed by atoms with E-state index >= 15 is 0 Å². The normalized spacial score (nSPS) is 12.4. The largest absolute Gasteiger partial charge is 0.452 e. The Kier molecular flexibility index (Phi) is 5.57. The van der Waals surface area contributed by atoms with E-state index in [9.17, 15) is 0 Å². The van der Waals surface area contributed by atoms with Gasteiger partial charge in [-0.3, -0.25) is 0 Å². The van der Waals surface area contributed by atoms with E-state index in [1.165, 1.54) is 70.7 Å². The summed E-state index contributed by atoms with van der Waals surface area (Å²) in [5, 5.41) is 11.1. The molecule has 5 aromatic heterocycles. The Bertz CT molecular complexity index is 3700. The van der Waals surface area contributed by atoms with E-state index in [1.807, 2.05) is 36.4 Å². The minimum atomic E-state index is 0.676. The van der Waals surface area contributed by atoms with Crippen LogP contribution in [0.3, 0.4) is 0 Å². The van der Waals surface area contributed by atoms with Crippen LogP contribution in [0.1, 0.15) is 0 Å².